The average molecular weight is 406 g/mol. The van der Waals surface area contributed by atoms with Crippen molar-refractivity contribution in [3.05, 3.63) is 34.0 Å². The summed E-state index contributed by atoms with van der Waals surface area (Å²) in [6.07, 6.45) is 0.145. The first kappa shape index (κ1) is 20.1. The number of ketones is 1. The third-order valence-corrected chi connectivity index (χ3v) is 4.79. The zero-order valence-electron chi connectivity index (χ0n) is 15.8. The monoisotopic (exact) mass is 405 g/mol. The van der Waals surface area contributed by atoms with Crippen LogP contribution in [-0.4, -0.2) is 42.5 Å². The highest BCUT2D eigenvalue weighted by atomic mass is 35.5. The molecular formula is C20H20ClNO6. The van der Waals surface area contributed by atoms with Gasteiger partial charge in [-0.05, 0) is 25.5 Å². The van der Waals surface area contributed by atoms with Crippen molar-refractivity contribution in [3.63, 3.8) is 0 Å². The van der Waals surface area contributed by atoms with Crippen molar-refractivity contribution in [2.45, 2.75) is 39.2 Å². The van der Waals surface area contributed by atoms with Crippen LogP contribution in [0.25, 0.3) is 10.9 Å². The number of methoxy groups -OCH3 is 1. The molecule has 0 bridgehead atoms. The Hall–Kier alpha value is -2.67. The smallest absolute Gasteiger partial charge is 0.356 e. The molecule has 0 spiro atoms. The lowest BCUT2D eigenvalue weighted by Crippen LogP contribution is -2.36. The van der Waals surface area contributed by atoms with Crippen molar-refractivity contribution in [2.75, 3.05) is 13.7 Å². The number of Topliss-reactive ketones (excluding diaryl/α,β-unsaturated/α-hetero) is 1. The van der Waals surface area contributed by atoms with Gasteiger partial charge in [-0.25, -0.2) is 14.6 Å². The quantitative estimate of drug-likeness (QED) is 0.702. The van der Waals surface area contributed by atoms with E-state index in [-0.39, 0.29) is 29.5 Å². The van der Waals surface area contributed by atoms with Gasteiger partial charge in [-0.1, -0.05) is 24.9 Å². The van der Waals surface area contributed by atoms with Crippen LogP contribution in [0.2, 0.25) is 5.02 Å². The lowest BCUT2D eigenvalue weighted by molar-refractivity contribution is -0.151. The Morgan fingerprint density at radius 1 is 1.32 bits per heavy atom. The lowest BCUT2D eigenvalue weighted by Gasteiger charge is -2.26. The fourth-order valence-electron chi connectivity index (χ4n) is 3.23. The molecule has 1 atom stereocenters. The Kier molecular flexibility index (Phi) is 5.84. The molecular weight excluding hydrogens is 386 g/mol. The third-order valence-electron chi connectivity index (χ3n) is 4.48. The number of aromatic nitrogens is 1. The van der Waals surface area contributed by atoms with Gasteiger partial charge in [-0.3, -0.25) is 4.79 Å². The summed E-state index contributed by atoms with van der Waals surface area (Å²) in [7, 11) is 1.26. The summed E-state index contributed by atoms with van der Waals surface area (Å²) in [5.41, 5.74) is 1.49. The van der Waals surface area contributed by atoms with Gasteiger partial charge in [0.1, 0.15) is 5.75 Å². The molecule has 2 aromatic rings. The molecule has 0 radical (unpaired) electrons. The molecule has 3 rings (SSSR count). The molecule has 1 aromatic carbocycles. The van der Waals surface area contributed by atoms with Crippen LogP contribution in [0.1, 0.15) is 53.1 Å². The van der Waals surface area contributed by atoms with Gasteiger partial charge in [0.05, 0.1) is 36.2 Å². The summed E-state index contributed by atoms with van der Waals surface area (Å²) in [5.74, 6) is -1.13. The molecule has 1 aliphatic heterocycles. The highest BCUT2D eigenvalue weighted by Gasteiger charge is 2.35. The van der Waals surface area contributed by atoms with Crippen molar-refractivity contribution in [1.82, 2.24) is 4.98 Å². The normalized spacial score (nSPS) is 15.7. The number of halogens is 1. The van der Waals surface area contributed by atoms with Gasteiger partial charge in [0.25, 0.3) is 0 Å². The van der Waals surface area contributed by atoms with Gasteiger partial charge in [0.15, 0.2) is 11.5 Å². The highest BCUT2D eigenvalue weighted by Crippen LogP contribution is 2.39. The van der Waals surface area contributed by atoms with E-state index in [1.807, 2.05) is 6.92 Å². The minimum Gasteiger partial charge on any atom is -0.477 e. The van der Waals surface area contributed by atoms with Gasteiger partial charge in [-0.2, -0.15) is 0 Å². The standard InChI is InChI=1S/C20H20ClNO6/c1-4-6-10-17-11(13(21)8-14(22-17)19(24)26-3)7-12-15(23)9-16(28-18(10)12)20(25)27-5-2/h7-8,16H,4-6,9H2,1-3H3. The van der Waals surface area contributed by atoms with E-state index < -0.39 is 18.0 Å². The zero-order chi connectivity index (χ0) is 20.4. The van der Waals surface area contributed by atoms with Gasteiger partial charge < -0.3 is 14.2 Å². The number of esters is 2. The summed E-state index contributed by atoms with van der Waals surface area (Å²) in [6, 6.07) is 3.01. The molecule has 148 valence electrons. The predicted octanol–water partition coefficient (Wildman–Crippen LogP) is 3.52. The maximum atomic E-state index is 12.7. The zero-order valence-corrected chi connectivity index (χ0v) is 16.6. The van der Waals surface area contributed by atoms with Crippen molar-refractivity contribution >= 4 is 40.2 Å². The molecule has 0 N–H and O–H groups in total. The first-order valence-electron chi connectivity index (χ1n) is 9.02. The molecule has 0 aliphatic carbocycles. The van der Waals surface area contributed by atoms with Crippen LogP contribution in [0.4, 0.5) is 0 Å². The summed E-state index contributed by atoms with van der Waals surface area (Å²) in [4.78, 5) is 41.2. The molecule has 28 heavy (non-hydrogen) atoms. The van der Waals surface area contributed by atoms with Gasteiger partial charge in [0.2, 0.25) is 6.10 Å². The van der Waals surface area contributed by atoms with E-state index in [0.29, 0.717) is 34.2 Å². The van der Waals surface area contributed by atoms with Crippen molar-refractivity contribution in [1.29, 1.82) is 0 Å². The molecule has 1 aliphatic rings. The number of fused-ring (bicyclic) bond motifs is 2. The van der Waals surface area contributed by atoms with E-state index >= 15 is 0 Å². The van der Waals surface area contributed by atoms with Gasteiger partial charge in [-0.15, -0.1) is 0 Å². The maximum absolute atomic E-state index is 12.7. The summed E-state index contributed by atoms with van der Waals surface area (Å²) < 4.78 is 15.6. The Balaban J connectivity index is 2.23. The van der Waals surface area contributed by atoms with E-state index in [0.717, 1.165) is 6.42 Å². The van der Waals surface area contributed by atoms with Crippen LogP contribution in [0.3, 0.4) is 0 Å². The Bertz CT molecular complexity index is 971. The molecule has 0 amide bonds. The second-order valence-electron chi connectivity index (χ2n) is 6.34. The van der Waals surface area contributed by atoms with Crippen LogP contribution in [0.15, 0.2) is 12.1 Å². The topological polar surface area (TPSA) is 91.8 Å². The second-order valence-corrected chi connectivity index (χ2v) is 6.75. The summed E-state index contributed by atoms with van der Waals surface area (Å²) in [6.45, 7) is 3.84. The van der Waals surface area contributed by atoms with E-state index in [9.17, 15) is 14.4 Å². The van der Waals surface area contributed by atoms with Crippen molar-refractivity contribution in [3.8, 4) is 5.75 Å². The lowest BCUT2D eigenvalue weighted by atomic mass is 9.93. The van der Waals surface area contributed by atoms with Crippen molar-refractivity contribution < 1.29 is 28.6 Å². The van der Waals surface area contributed by atoms with Crippen LogP contribution < -0.4 is 4.74 Å². The maximum Gasteiger partial charge on any atom is 0.356 e. The van der Waals surface area contributed by atoms with Crippen LogP contribution in [0, 0.1) is 0 Å². The van der Waals surface area contributed by atoms with E-state index in [1.165, 1.54) is 13.2 Å². The number of pyridine rings is 1. The largest absolute Gasteiger partial charge is 0.477 e. The molecule has 0 fully saturated rings. The number of ether oxygens (including phenoxy) is 3. The molecule has 7 nitrogen and oxygen atoms in total. The van der Waals surface area contributed by atoms with E-state index in [2.05, 4.69) is 4.98 Å². The number of carbonyl (C=O) groups excluding carboxylic acids is 3. The number of benzene rings is 1. The minimum absolute atomic E-state index is 0.0568. The minimum atomic E-state index is -1.01. The number of aryl methyl sites for hydroxylation is 1. The molecule has 1 unspecified atom stereocenters. The fourth-order valence-corrected chi connectivity index (χ4v) is 3.48. The fraction of sp³-hybridized carbons (Fsp3) is 0.400. The SMILES string of the molecule is CCCc1c2c(cc3c(Cl)cc(C(=O)OC)nc13)C(=O)CC(C(=O)OCC)O2. The number of hydrogen-bond donors (Lipinski definition) is 0. The first-order chi connectivity index (χ1) is 13.4. The van der Waals surface area contributed by atoms with E-state index in [1.54, 1.807) is 13.0 Å². The van der Waals surface area contributed by atoms with Crippen LogP contribution >= 0.6 is 11.6 Å². The third kappa shape index (κ3) is 3.54. The van der Waals surface area contributed by atoms with Crippen LogP contribution in [-0.2, 0) is 20.7 Å². The molecule has 1 aromatic heterocycles. The van der Waals surface area contributed by atoms with Crippen molar-refractivity contribution in [2.24, 2.45) is 0 Å². The number of carbonyl (C=O) groups is 3. The summed E-state index contributed by atoms with van der Waals surface area (Å²) >= 11 is 6.37. The molecule has 0 saturated carbocycles. The predicted molar refractivity (Wildman–Crippen MR) is 102 cm³/mol. The van der Waals surface area contributed by atoms with Crippen LogP contribution in [0.5, 0.6) is 5.75 Å². The molecule has 2 heterocycles. The Labute approximate surface area is 166 Å². The number of rotatable bonds is 5. The highest BCUT2D eigenvalue weighted by molar-refractivity contribution is 6.36. The van der Waals surface area contributed by atoms with Gasteiger partial charge >= 0.3 is 11.9 Å². The first-order valence-corrected chi connectivity index (χ1v) is 9.39. The Morgan fingerprint density at radius 3 is 2.71 bits per heavy atom. The summed E-state index contributed by atoms with van der Waals surface area (Å²) in [5, 5.41) is 0.828. The molecule has 8 heteroatoms. The Morgan fingerprint density at radius 2 is 2.07 bits per heavy atom. The average Bonchev–Trinajstić information content (AvgIpc) is 2.68. The number of nitrogens with zero attached hydrogens (tertiary/aromatic N) is 1. The van der Waals surface area contributed by atoms with E-state index in [4.69, 9.17) is 25.8 Å². The van der Waals surface area contributed by atoms with Gasteiger partial charge in [0, 0.05) is 10.9 Å². The second kappa shape index (κ2) is 8.14. The molecule has 0 saturated heterocycles. The number of hydrogen-bond acceptors (Lipinski definition) is 7.